The van der Waals surface area contributed by atoms with Crippen molar-refractivity contribution in [1.82, 2.24) is 9.80 Å². The maximum atomic E-state index is 13.1. The third kappa shape index (κ3) is 3.49. The van der Waals surface area contributed by atoms with Crippen LogP contribution >= 0.6 is 0 Å². The van der Waals surface area contributed by atoms with E-state index in [1.165, 1.54) is 4.90 Å². The molecule has 0 spiro atoms. The fourth-order valence-electron chi connectivity index (χ4n) is 4.19. The summed E-state index contributed by atoms with van der Waals surface area (Å²) in [6.45, 7) is 2.07. The minimum atomic E-state index is -0.695. The van der Waals surface area contributed by atoms with Gasteiger partial charge < -0.3 is 14.4 Å². The van der Waals surface area contributed by atoms with Crippen LogP contribution in [0.1, 0.15) is 30.5 Å². The van der Waals surface area contributed by atoms with E-state index in [1.54, 1.807) is 4.90 Å². The Bertz CT molecular complexity index is 944. The average Bonchev–Trinajstić information content (AvgIpc) is 3.16. The molecule has 2 aliphatic rings. The normalized spacial score (nSPS) is 24.6. The summed E-state index contributed by atoms with van der Waals surface area (Å²) in [5.41, 5.74) is 1.90. The highest BCUT2D eigenvalue weighted by atomic mass is 16.6. The van der Waals surface area contributed by atoms with Crippen LogP contribution in [0.5, 0.6) is 0 Å². The molecule has 0 radical (unpaired) electrons. The Kier molecular flexibility index (Phi) is 5.65. The smallest absolute Gasteiger partial charge is 0.411 e. The van der Waals surface area contributed by atoms with E-state index in [9.17, 15) is 14.4 Å². The van der Waals surface area contributed by atoms with Crippen LogP contribution in [-0.2, 0) is 14.3 Å². The van der Waals surface area contributed by atoms with Crippen LogP contribution in [0.25, 0.3) is 6.08 Å². The molecule has 30 heavy (non-hydrogen) atoms. The molecule has 6 heteroatoms. The SMILES string of the molecule is CC[C@@H](C=O)N1C(=O)C(N2C(=O)OCC2c2ccccc2)C1/C=C/c1ccccc1. The highest BCUT2D eigenvalue weighted by molar-refractivity contribution is 5.95. The number of rotatable bonds is 7. The summed E-state index contributed by atoms with van der Waals surface area (Å²) in [5, 5.41) is 0. The number of carbonyl (C=O) groups excluding carboxylic acids is 3. The van der Waals surface area contributed by atoms with E-state index in [4.69, 9.17) is 4.74 Å². The van der Waals surface area contributed by atoms with Gasteiger partial charge in [0.2, 0.25) is 5.91 Å². The first kappa shape index (κ1) is 19.9. The van der Waals surface area contributed by atoms with Gasteiger partial charge in [0, 0.05) is 0 Å². The molecule has 154 valence electrons. The molecule has 2 amide bonds. The number of ether oxygens (including phenoxy) is 1. The molecule has 6 nitrogen and oxygen atoms in total. The van der Waals surface area contributed by atoms with Crippen molar-refractivity contribution in [3.05, 3.63) is 77.9 Å². The summed E-state index contributed by atoms with van der Waals surface area (Å²) < 4.78 is 5.32. The molecule has 2 aliphatic heterocycles. The lowest BCUT2D eigenvalue weighted by molar-refractivity contribution is -0.160. The molecule has 3 unspecified atom stereocenters. The van der Waals surface area contributed by atoms with Crippen LogP contribution in [-0.4, -0.2) is 52.8 Å². The highest BCUT2D eigenvalue weighted by Gasteiger charge is 2.56. The van der Waals surface area contributed by atoms with E-state index >= 15 is 0 Å². The first-order valence-corrected chi connectivity index (χ1v) is 10.2. The second-order valence-corrected chi connectivity index (χ2v) is 7.47. The number of amides is 2. The minimum Gasteiger partial charge on any atom is -0.447 e. The molecule has 0 aliphatic carbocycles. The molecule has 2 heterocycles. The van der Waals surface area contributed by atoms with Crippen molar-refractivity contribution < 1.29 is 19.1 Å². The number of hydrogen-bond donors (Lipinski definition) is 0. The Morgan fingerprint density at radius 1 is 1.07 bits per heavy atom. The zero-order valence-electron chi connectivity index (χ0n) is 16.8. The molecule has 4 atom stereocenters. The van der Waals surface area contributed by atoms with E-state index in [0.717, 1.165) is 17.4 Å². The first-order chi connectivity index (χ1) is 14.7. The molecule has 2 aromatic carbocycles. The van der Waals surface area contributed by atoms with Crippen LogP contribution in [0.2, 0.25) is 0 Å². The number of likely N-dealkylation sites (tertiary alicyclic amines) is 1. The maximum absolute atomic E-state index is 13.1. The maximum Gasteiger partial charge on any atom is 0.411 e. The molecule has 0 aromatic heterocycles. The Balaban J connectivity index is 1.67. The number of benzene rings is 2. The van der Waals surface area contributed by atoms with E-state index in [0.29, 0.717) is 6.42 Å². The van der Waals surface area contributed by atoms with Crippen molar-refractivity contribution in [3.8, 4) is 0 Å². The van der Waals surface area contributed by atoms with Gasteiger partial charge >= 0.3 is 6.09 Å². The summed E-state index contributed by atoms with van der Waals surface area (Å²) >= 11 is 0. The zero-order valence-corrected chi connectivity index (χ0v) is 16.8. The van der Waals surface area contributed by atoms with E-state index in [1.807, 2.05) is 79.7 Å². The lowest BCUT2D eigenvalue weighted by Crippen LogP contribution is -2.72. The van der Waals surface area contributed by atoms with Crippen molar-refractivity contribution in [2.75, 3.05) is 6.61 Å². The lowest BCUT2D eigenvalue weighted by atomic mass is 9.88. The van der Waals surface area contributed by atoms with Gasteiger partial charge in [0.05, 0.1) is 18.1 Å². The van der Waals surface area contributed by atoms with Crippen LogP contribution in [0.4, 0.5) is 4.79 Å². The molecule has 2 saturated heterocycles. The van der Waals surface area contributed by atoms with Crippen LogP contribution in [0.15, 0.2) is 66.7 Å². The fraction of sp³-hybridized carbons (Fsp3) is 0.292. The largest absolute Gasteiger partial charge is 0.447 e. The standard InChI is InChI=1S/C24H24N2O4/c1-2-19(15-27)25-20(14-13-17-9-5-3-6-10-17)22(23(25)28)26-21(16-30-24(26)29)18-11-7-4-8-12-18/h3-15,19-22H,2,16H2,1H3/b14-13+/t19-,20?,21?,22?/m0/s1. The zero-order chi connectivity index (χ0) is 21.1. The monoisotopic (exact) mass is 404 g/mol. The minimum absolute atomic E-state index is 0.201. The summed E-state index contributed by atoms with van der Waals surface area (Å²) in [5.74, 6) is -0.226. The molecule has 0 bridgehead atoms. The van der Waals surface area contributed by atoms with E-state index in [2.05, 4.69) is 0 Å². The topological polar surface area (TPSA) is 66.9 Å². The Labute approximate surface area is 175 Å². The third-order valence-electron chi connectivity index (χ3n) is 5.77. The predicted octanol–water partition coefficient (Wildman–Crippen LogP) is 3.45. The summed E-state index contributed by atoms with van der Waals surface area (Å²) in [6, 6.07) is 17.3. The molecular formula is C24H24N2O4. The quantitative estimate of drug-likeness (QED) is 0.524. The predicted molar refractivity (Wildman–Crippen MR) is 112 cm³/mol. The van der Waals surface area contributed by atoms with Gasteiger partial charge in [-0.1, -0.05) is 79.7 Å². The van der Waals surface area contributed by atoms with Gasteiger partial charge in [-0.2, -0.15) is 0 Å². The van der Waals surface area contributed by atoms with E-state index in [-0.39, 0.29) is 18.6 Å². The van der Waals surface area contributed by atoms with Crippen LogP contribution < -0.4 is 0 Å². The van der Waals surface area contributed by atoms with Gasteiger partial charge in [-0.15, -0.1) is 0 Å². The molecule has 0 N–H and O–H groups in total. The second-order valence-electron chi connectivity index (χ2n) is 7.47. The van der Waals surface area contributed by atoms with Gasteiger partial charge in [0.25, 0.3) is 0 Å². The van der Waals surface area contributed by atoms with Crippen molar-refractivity contribution in [2.24, 2.45) is 0 Å². The molecule has 2 fully saturated rings. The summed E-state index contributed by atoms with van der Waals surface area (Å²) in [6.07, 6.45) is 4.65. The van der Waals surface area contributed by atoms with Crippen molar-refractivity contribution in [3.63, 3.8) is 0 Å². The summed E-state index contributed by atoms with van der Waals surface area (Å²) in [7, 11) is 0. The summed E-state index contributed by atoms with van der Waals surface area (Å²) in [4.78, 5) is 40.4. The average molecular weight is 404 g/mol. The van der Waals surface area contributed by atoms with Crippen molar-refractivity contribution in [2.45, 2.75) is 37.5 Å². The van der Waals surface area contributed by atoms with Crippen molar-refractivity contribution >= 4 is 24.4 Å². The molecular weight excluding hydrogens is 380 g/mol. The highest BCUT2D eigenvalue weighted by Crippen LogP contribution is 2.38. The van der Waals surface area contributed by atoms with Gasteiger partial charge in [-0.05, 0) is 17.5 Å². The number of β-lactam (4-membered cyclic amide) rings is 1. The Hall–Kier alpha value is -3.41. The van der Waals surface area contributed by atoms with Crippen LogP contribution in [0.3, 0.4) is 0 Å². The first-order valence-electron chi connectivity index (χ1n) is 10.2. The number of nitrogens with zero attached hydrogens (tertiary/aromatic N) is 2. The van der Waals surface area contributed by atoms with Crippen molar-refractivity contribution in [1.29, 1.82) is 0 Å². The van der Waals surface area contributed by atoms with Gasteiger partial charge in [-0.3, -0.25) is 9.69 Å². The lowest BCUT2D eigenvalue weighted by Gasteiger charge is -2.51. The second kappa shape index (κ2) is 8.53. The molecule has 0 saturated carbocycles. The van der Waals surface area contributed by atoms with Gasteiger partial charge in [-0.25, -0.2) is 4.79 Å². The number of aldehydes is 1. The molecule has 4 rings (SSSR count). The fourth-order valence-corrected chi connectivity index (χ4v) is 4.19. The molecule has 2 aromatic rings. The van der Waals surface area contributed by atoms with E-state index < -0.39 is 24.2 Å². The number of cyclic esters (lactones) is 1. The van der Waals surface area contributed by atoms with Gasteiger partial charge in [0.15, 0.2) is 0 Å². The Morgan fingerprint density at radius 2 is 1.73 bits per heavy atom. The van der Waals surface area contributed by atoms with Crippen LogP contribution in [0, 0.1) is 0 Å². The number of hydrogen-bond acceptors (Lipinski definition) is 4. The van der Waals surface area contributed by atoms with Gasteiger partial charge in [0.1, 0.15) is 18.9 Å². The Morgan fingerprint density at radius 3 is 2.37 bits per heavy atom. The third-order valence-corrected chi connectivity index (χ3v) is 5.77. The number of carbonyl (C=O) groups is 3.